The van der Waals surface area contributed by atoms with Crippen molar-refractivity contribution in [2.24, 2.45) is 0 Å². The predicted molar refractivity (Wildman–Crippen MR) is 154 cm³/mol. The first-order valence-electron chi connectivity index (χ1n) is 12.9. The summed E-state index contributed by atoms with van der Waals surface area (Å²) in [7, 11) is 0. The molecule has 0 bridgehead atoms. The van der Waals surface area contributed by atoms with Crippen molar-refractivity contribution in [3.05, 3.63) is 63.3 Å². The Kier molecular flexibility index (Phi) is 19.1. The SMILES string of the molecule is C=CC(=O)NCCCN(CCNC(=O)C=C)C(=O)CCN(CCCN(CCNC(=O)C=C)C(=O)C=C)C(=O)C=C. The van der Waals surface area contributed by atoms with E-state index in [1.165, 1.54) is 15.9 Å². The van der Waals surface area contributed by atoms with Gasteiger partial charge in [0.15, 0.2) is 0 Å². The van der Waals surface area contributed by atoms with Gasteiger partial charge in [-0.05, 0) is 43.2 Å². The number of nitrogens with one attached hydrogen (secondary N) is 3. The maximum atomic E-state index is 13.0. The van der Waals surface area contributed by atoms with Gasteiger partial charge in [-0.3, -0.25) is 28.8 Å². The van der Waals surface area contributed by atoms with Crippen LogP contribution in [-0.2, 0) is 28.8 Å². The standard InChI is InChI=1S/C28H42N6O6/c1-6-23(35)29-14-11-17-34(22-16-31-25(37)8-3)28(40)13-20-32(26(38)9-4)18-12-19-33(27(39)10-5)21-15-30-24(36)7-2/h6-10H,1-5,11-22H2,(H,29,35)(H,30,36)(H,31,37). The lowest BCUT2D eigenvalue weighted by atomic mass is 10.2. The molecule has 0 radical (unpaired) electrons. The summed E-state index contributed by atoms with van der Waals surface area (Å²) in [5.41, 5.74) is 0. The number of hydrogen-bond acceptors (Lipinski definition) is 6. The molecule has 0 fully saturated rings. The van der Waals surface area contributed by atoms with Gasteiger partial charge in [0.2, 0.25) is 35.4 Å². The Balaban J connectivity index is 5.09. The lowest BCUT2D eigenvalue weighted by molar-refractivity contribution is -0.133. The summed E-state index contributed by atoms with van der Waals surface area (Å²) in [5, 5.41) is 7.88. The van der Waals surface area contributed by atoms with Crippen LogP contribution in [0.25, 0.3) is 0 Å². The minimum Gasteiger partial charge on any atom is -0.353 e. The summed E-state index contributed by atoms with van der Waals surface area (Å²) in [6.07, 6.45) is 6.70. The van der Waals surface area contributed by atoms with Gasteiger partial charge in [-0.1, -0.05) is 32.9 Å². The van der Waals surface area contributed by atoms with Crippen LogP contribution in [0.4, 0.5) is 0 Å². The first-order chi connectivity index (χ1) is 19.1. The van der Waals surface area contributed by atoms with E-state index in [2.05, 4.69) is 48.8 Å². The number of carbonyl (C=O) groups is 6. The van der Waals surface area contributed by atoms with Gasteiger partial charge in [0.05, 0.1) is 0 Å². The average molecular weight is 559 g/mol. The van der Waals surface area contributed by atoms with E-state index in [0.29, 0.717) is 32.5 Å². The van der Waals surface area contributed by atoms with Crippen LogP contribution >= 0.6 is 0 Å². The molecule has 40 heavy (non-hydrogen) atoms. The molecule has 0 saturated heterocycles. The third-order valence-electron chi connectivity index (χ3n) is 5.60. The van der Waals surface area contributed by atoms with Gasteiger partial charge < -0.3 is 30.7 Å². The van der Waals surface area contributed by atoms with Crippen LogP contribution in [0, 0.1) is 0 Å². The van der Waals surface area contributed by atoms with Gasteiger partial charge in [-0.15, -0.1) is 0 Å². The van der Waals surface area contributed by atoms with Crippen LogP contribution in [0.2, 0.25) is 0 Å². The second-order valence-electron chi connectivity index (χ2n) is 8.38. The van der Waals surface area contributed by atoms with Crippen LogP contribution in [0.3, 0.4) is 0 Å². The fourth-order valence-corrected chi connectivity index (χ4v) is 3.45. The molecule has 0 rings (SSSR count). The molecule has 3 N–H and O–H groups in total. The third kappa shape index (κ3) is 15.7. The smallest absolute Gasteiger partial charge is 0.246 e. The van der Waals surface area contributed by atoms with E-state index < -0.39 is 0 Å². The molecule has 0 aromatic heterocycles. The van der Waals surface area contributed by atoms with E-state index >= 15 is 0 Å². The Morgan fingerprint density at radius 2 is 0.875 bits per heavy atom. The van der Waals surface area contributed by atoms with Gasteiger partial charge in [-0.25, -0.2) is 0 Å². The third-order valence-corrected chi connectivity index (χ3v) is 5.60. The minimum absolute atomic E-state index is 0.0247. The van der Waals surface area contributed by atoms with E-state index in [0.717, 1.165) is 24.3 Å². The molecule has 0 saturated carbocycles. The lowest BCUT2D eigenvalue weighted by Crippen LogP contribution is -2.42. The molecule has 0 aliphatic carbocycles. The predicted octanol–water partition coefficient (Wildman–Crippen LogP) is -0.0789. The molecule has 0 aromatic carbocycles. The van der Waals surface area contributed by atoms with Crippen LogP contribution in [0.5, 0.6) is 0 Å². The summed E-state index contributed by atoms with van der Waals surface area (Å²) in [6, 6.07) is 0. The molecule has 0 aliphatic heterocycles. The molecule has 0 spiro atoms. The Labute approximate surface area is 236 Å². The van der Waals surface area contributed by atoms with Gasteiger partial charge in [0.25, 0.3) is 0 Å². The summed E-state index contributed by atoms with van der Waals surface area (Å²) in [6.45, 7) is 19.5. The molecule has 0 atom stereocenters. The maximum Gasteiger partial charge on any atom is 0.246 e. The summed E-state index contributed by atoms with van der Waals surface area (Å²) in [5.74, 6) is -1.93. The van der Waals surface area contributed by atoms with Gasteiger partial charge in [0, 0.05) is 65.3 Å². The highest BCUT2D eigenvalue weighted by atomic mass is 16.2. The average Bonchev–Trinajstić information content (AvgIpc) is 2.97. The van der Waals surface area contributed by atoms with Crippen molar-refractivity contribution < 1.29 is 28.8 Å². The van der Waals surface area contributed by atoms with Crippen molar-refractivity contribution >= 4 is 35.4 Å². The molecule has 220 valence electrons. The first kappa shape index (κ1) is 35.5. The Morgan fingerprint density at radius 1 is 0.475 bits per heavy atom. The van der Waals surface area contributed by atoms with Gasteiger partial charge in [0.1, 0.15) is 0 Å². The highest BCUT2D eigenvalue weighted by Crippen LogP contribution is 2.03. The zero-order chi connectivity index (χ0) is 30.3. The molecule has 6 amide bonds. The van der Waals surface area contributed by atoms with Crippen molar-refractivity contribution in [1.29, 1.82) is 0 Å². The monoisotopic (exact) mass is 558 g/mol. The minimum atomic E-state index is -0.361. The van der Waals surface area contributed by atoms with E-state index in [1.54, 1.807) is 4.90 Å². The fraction of sp³-hybridized carbons (Fsp3) is 0.429. The van der Waals surface area contributed by atoms with E-state index in [9.17, 15) is 28.8 Å². The number of nitrogens with zero attached hydrogens (tertiary/aromatic N) is 3. The Hall–Kier alpha value is -4.48. The highest BCUT2D eigenvalue weighted by molar-refractivity contribution is 5.89. The van der Waals surface area contributed by atoms with Crippen molar-refractivity contribution in [3.63, 3.8) is 0 Å². The molecule has 0 aliphatic rings. The van der Waals surface area contributed by atoms with Crippen LogP contribution in [-0.4, -0.2) is 109 Å². The largest absolute Gasteiger partial charge is 0.353 e. The lowest BCUT2D eigenvalue weighted by Gasteiger charge is -2.27. The van der Waals surface area contributed by atoms with Crippen LogP contribution in [0.15, 0.2) is 63.3 Å². The molecule has 12 heteroatoms. The first-order valence-corrected chi connectivity index (χ1v) is 12.9. The van der Waals surface area contributed by atoms with E-state index in [-0.39, 0.29) is 81.1 Å². The van der Waals surface area contributed by atoms with E-state index in [1.807, 2.05) is 0 Å². The maximum absolute atomic E-state index is 13.0. The molecular formula is C28H42N6O6. The van der Waals surface area contributed by atoms with Gasteiger partial charge >= 0.3 is 0 Å². The fourth-order valence-electron chi connectivity index (χ4n) is 3.45. The summed E-state index contributed by atoms with van der Waals surface area (Å²) < 4.78 is 0. The van der Waals surface area contributed by atoms with Crippen molar-refractivity contribution in [1.82, 2.24) is 30.7 Å². The van der Waals surface area contributed by atoms with Crippen LogP contribution < -0.4 is 16.0 Å². The molecular weight excluding hydrogens is 516 g/mol. The van der Waals surface area contributed by atoms with Crippen molar-refractivity contribution in [2.45, 2.75) is 19.3 Å². The number of hydrogen-bond donors (Lipinski definition) is 3. The van der Waals surface area contributed by atoms with Gasteiger partial charge in [-0.2, -0.15) is 0 Å². The zero-order valence-corrected chi connectivity index (χ0v) is 23.2. The number of rotatable bonds is 22. The topological polar surface area (TPSA) is 148 Å². The van der Waals surface area contributed by atoms with Crippen molar-refractivity contribution in [3.8, 4) is 0 Å². The molecule has 0 aromatic rings. The Bertz CT molecular complexity index is 948. The molecule has 0 unspecified atom stereocenters. The number of amides is 6. The number of carbonyl (C=O) groups excluding carboxylic acids is 6. The van der Waals surface area contributed by atoms with E-state index in [4.69, 9.17) is 0 Å². The molecule has 0 heterocycles. The summed E-state index contributed by atoms with van der Waals surface area (Å²) >= 11 is 0. The second-order valence-corrected chi connectivity index (χ2v) is 8.38. The summed E-state index contributed by atoms with van der Waals surface area (Å²) in [4.78, 5) is 76.4. The molecule has 12 nitrogen and oxygen atoms in total. The van der Waals surface area contributed by atoms with Crippen LogP contribution in [0.1, 0.15) is 19.3 Å². The quantitative estimate of drug-likeness (QED) is 0.125. The highest BCUT2D eigenvalue weighted by Gasteiger charge is 2.18. The Morgan fingerprint density at radius 3 is 1.32 bits per heavy atom. The second kappa shape index (κ2) is 21.5. The normalized spacial score (nSPS) is 9.80. The van der Waals surface area contributed by atoms with Crippen molar-refractivity contribution in [2.75, 3.05) is 58.9 Å². The zero-order valence-electron chi connectivity index (χ0n) is 23.2.